The fraction of sp³-hybridized carbons (Fsp3) is 0.222. The summed E-state index contributed by atoms with van der Waals surface area (Å²) in [5.41, 5.74) is 12.0. The first-order valence-electron chi connectivity index (χ1n) is 8.24. The molecule has 0 bridgehead atoms. The first-order valence-corrected chi connectivity index (χ1v) is 12.6. The molecule has 2 aromatic rings. The number of hydrogen-bond donors (Lipinski definition) is 4. The molecule has 2 rings (SSSR count). The quantitative estimate of drug-likeness (QED) is 0.234. The van der Waals surface area contributed by atoms with Crippen LogP contribution in [0.3, 0.4) is 0 Å². The zero-order valence-corrected chi connectivity index (χ0v) is 23.7. The highest BCUT2D eigenvalue weighted by Crippen LogP contribution is 2.36. The van der Waals surface area contributed by atoms with Crippen molar-refractivity contribution in [3.05, 3.63) is 44.1 Å². The molecule has 0 radical (unpaired) electrons. The summed E-state index contributed by atoms with van der Waals surface area (Å²) < 4.78 is 13.9. The van der Waals surface area contributed by atoms with Gasteiger partial charge in [0, 0.05) is 0 Å². The average molecular weight is 864 g/mol. The molecule has 2 atom stereocenters. The van der Waals surface area contributed by atoms with Gasteiger partial charge in [-0.2, -0.15) is 0 Å². The van der Waals surface area contributed by atoms with Gasteiger partial charge < -0.3 is 31.2 Å². The molecule has 2 aromatic carbocycles. The van der Waals surface area contributed by atoms with Crippen LogP contribution in [0.1, 0.15) is 5.56 Å². The summed E-state index contributed by atoms with van der Waals surface area (Å²) in [6.07, 6.45) is 0.211. The number of aromatic hydroxyl groups is 1. The third-order valence-electron chi connectivity index (χ3n) is 3.75. The van der Waals surface area contributed by atoms with E-state index in [0.29, 0.717) is 18.6 Å². The van der Waals surface area contributed by atoms with Crippen molar-refractivity contribution in [2.75, 3.05) is 6.61 Å². The molecule has 12 heteroatoms. The van der Waals surface area contributed by atoms with Gasteiger partial charge in [-0.1, -0.05) is 0 Å². The fourth-order valence-electron chi connectivity index (χ4n) is 2.23. The predicted molar refractivity (Wildman–Crippen MR) is 144 cm³/mol. The second-order valence-corrected chi connectivity index (χ2v) is 10.8. The van der Waals surface area contributed by atoms with Crippen LogP contribution in [0, 0.1) is 14.3 Å². The summed E-state index contributed by atoms with van der Waals surface area (Å²) in [6.45, 7) is -0.437. The number of benzene rings is 2. The van der Waals surface area contributed by atoms with Crippen LogP contribution < -0.4 is 16.2 Å². The monoisotopic (exact) mass is 864 g/mol. The van der Waals surface area contributed by atoms with Crippen molar-refractivity contribution in [1.29, 1.82) is 0 Å². The minimum atomic E-state index is -1.29. The molecule has 0 saturated carbocycles. The molecule has 0 aliphatic heterocycles. The van der Waals surface area contributed by atoms with Gasteiger partial charge in [-0.15, -0.1) is 0 Å². The lowest BCUT2D eigenvalue weighted by Crippen LogP contribution is -2.40. The summed E-state index contributed by atoms with van der Waals surface area (Å²) in [7, 11) is 0. The number of carboxylic acids is 1. The lowest BCUT2D eigenvalue weighted by Gasteiger charge is -2.16. The van der Waals surface area contributed by atoms with Gasteiger partial charge in [-0.05, 0) is 127 Å². The van der Waals surface area contributed by atoms with Gasteiger partial charge in [0.05, 0.1) is 14.3 Å². The Morgan fingerprint density at radius 2 is 1.47 bits per heavy atom. The third kappa shape index (κ3) is 7.17. The standard InChI is InChI=1S/C18H16I4N2O6/c19-9-4-8(5-10(20)15(9)25)30-16-11(21)1-7(2-12(16)22)3-13(23)18(28)29-6-14(24)17(26)27/h1-2,4-5,13-14,25H,3,6,23-24H2,(H,26,27). The number of aliphatic carboxylic acids is 1. The van der Waals surface area contributed by atoms with Crippen molar-refractivity contribution in [2.45, 2.75) is 18.5 Å². The van der Waals surface area contributed by atoms with Crippen LogP contribution in [0.5, 0.6) is 17.2 Å². The first-order chi connectivity index (χ1) is 14.0. The van der Waals surface area contributed by atoms with Crippen LogP contribution in [-0.2, 0) is 20.7 Å². The molecule has 6 N–H and O–H groups in total. The number of phenolic OH excluding ortho intramolecular Hbond substituents is 1. The average Bonchev–Trinajstić information content (AvgIpc) is 2.66. The van der Waals surface area contributed by atoms with Crippen molar-refractivity contribution in [3.8, 4) is 17.2 Å². The van der Waals surface area contributed by atoms with E-state index < -0.39 is 30.6 Å². The van der Waals surface area contributed by atoms with Gasteiger partial charge >= 0.3 is 11.9 Å². The Kier molecular flexibility index (Phi) is 10.1. The number of phenols is 1. The number of carbonyl (C=O) groups excluding carboxylic acids is 1. The molecule has 0 heterocycles. The highest BCUT2D eigenvalue weighted by Gasteiger charge is 2.21. The van der Waals surface area contributed by atoms with Crippen LogP contribution in [0.25, 0.3) is 0 Å². The summed E-state index contributed by atoms with van der Waals surface area (Å²) >= 11 is 8.35. The topological polar surface area (TPSA) is 145 Å². The number of rotatable bonds is 8. The summed E-state index contributed by atoms with van der Waals surface area (Å²) in [5, 5.41) is 18.6. The maximum atomic E-state index is 12.0. The van der Waals surface area contributed by atoms with Crippen molar-refractivity contribution in [2.24, 2.45) is 11.5 Å². The maximum Gasteiger partial charge on any atom is 0.324 e. The number of esters is 1. The van der Waals surface area contributed by atoms with Gasteiger partial charge in [0.15, 0.2) is 5.75 Å². The molecular weight excluding hydrogens is 848 g/mol. The molecule has 30 heavy (non-hydrogen) atoms. The van der Waals surface area contributed by atoms with E-state index in [4.69, 9.17) is 26.0 Å². The Hall–Kier alpha value is -0.180. The zero-order chi connectivity index (χ0) is 22.6. The van der Waals surface area contributed by atoms with E-state index in [1.54, 1.807) is 12.1 Å². The molecule has 162 valence electrons. The van der Waals surface area contributed by atoms with Gasteiger partial charge in [0.2, 0.25) is 0 Å². The molecule has 0 spiro atoms. The minimum absolute atomic E-state index is 0.211. The van der Waals surface area contributed by atoms with Gasteiger partial charge in [-0.3, -0.25) is 9.59 Å². The Morgan fingerprint density at radius 1 is 0.933 bits per heavy atom. The predicted octanol–water partition coefficient (Wildman–Crippen LogP) is 3.43. The largest absolute Gasteiger partial charge is 0.506 e. The summed E-state index contributed by atoms with van der Waals surface area (Å²) in [6, 6.07) is 4.95. The van der Waals surface area contributed by atoms with E-state index in [9.17, 15) is 14.7 Å². The van der Waals surface area contributed by atoms with E-state index in [2.05, 4.69) is 45.2 Å². The number of halogens is 4. The molecule has 0 fully saturated rings. The van der Waals surface area contributed by atoms with Crippen molar-refractivity contribution in [1.82, 2.24) is 0 Å². The maximum absolute atomic E-state index is 12.0. The summed E-state index contributed by atoms with van der Waals surface area (Å²) in [5.74, 6) is -0.506. The van der Waals surface area contributed by atoms with Crippen LogP contribution in [0.2, 0.25) is 0 Å². The van der Waals surface area contributed by atoms with E-state index in [0.717, 1.165) is 12.7 Å². The second kappa shape index (κ2) is 11.6. The lowest BCUT2D eigenvalue weighted by atomic mass is 10.1. The SMILES string of the molecule is NC(COC(=O)C(N)Cc1cc(I)c(Oc2cc(I)c(O)c(I)c2)c(I)c1)C(=O)O. The number of ether oxygens (including phenoxy) is 2. The van der Waals surface area contributed by atoms with Crippen molar-refractivity contribution < 1.29 is 29.3 Å². The van der Waals surface area contributed by atoms with E-state index in [1.165, 1.54) is 0 Å². The third-order valence-corrected chi connectivity index (χ3v) is 7.00. The zero-order valence-electron chi connectivity index (χ0n) is 15.1. The van der Waals surface area contributed by atoms with Crippen LogP contribution in [-0.4, -0.2) is 40.8 Å². The Balaban J connectivity index is 2.10. The number of carboxylic acid groups (broad SMARTS) is 1. The minimum Gasteiger partial charge on any atom is -0.506 e. The van der Waals surface area contributed by atoms with Gasteiger partial charge in [0.25, 0.3) is 0 Å². The highest BCUT2D eigenvalue weighted by atomic mass is 127. The number of hydrogen-bond acceptors (Lipinski definition) is 7. The molecule has 0 saturated heterocycles. The number of nitrogens with two attached hydrogens (primary N) is 2. The molecule has 0 amide bonds. The fourth-order valence-corrected chi connectivity index (χ4v) is 6.06. The summed E-state index contributed by atoms with van der Waals surface area (Å²) in [4.78, 5) is 22.7. The van der Waals surface area contributed by atoms with E-state index in [1.807, 2.05) is 57.3 Å². The van der Waals surface area contributed by atoms with Crippen LogP contribution in [0.4, 0.5) is 0 Å². The molecule has 2 unspecified atom stereocenters. The Morgan fingerprint density at radius 3 is 1.97 bits per heavy atom. The lowest BCUT2D eigenvalue weighted by molar-refractivity contribution is -0.149. The normalized spacial score (nSPS) is 12.9. The smallest absolute Gasteiger partial charge is 0.324 e. The van der Waals surface area contributed by atoms with Crippen LogP contribution >= 0.6 is 90.4 Å². The first kappa shape index (κ1) is 26.1. The van der Waals surface area contributed by atoms with Gasteiger partial charge in [0.1, 0.15) is 30.2 Å². The highest BCUT2D eigenvalue weighted by molar-refractivity contribution is 14.1. The molecule has 0 aromatic heterocycles. The van der Waals surface area contributed by atoms with E-state index >= 15 is 0 Å². The Bertz CT molecular complexity index is 926. The molecule has 8 nitrogen and oxygen atoms in total. The van der Waals surface area contributed by atoms with Crippen molar-refractivity contribution in [3.63, 3.8) is 0 Å². The molecule has 0 aliphatic rings. The van der Waals surface area contributed by atoms with Crippen LogP contribution in [0.15, 0.2) is 24.3 Å². The molecular formula is C18H16I4N2O6. The number of carbonyl (C=O) groups is 2. The Labute approximate surface area is 227 Å². The molecule has 0 aliphatic carbocycles. The van der Waals surface area contributed by atoms with Crippen molar-refractivity contribution >= 4 is 102 Å². The second-order valence-electron chi connectivity index (χ2n) is 6.11. The van der Waals surface area contributed by atoms with E-state index in [-0.39, 0.29) is 12.2 Å². The van der Waals surface area contributed by atoms with Gasteiger partial charge in [-0.25, -0.2) is 0 Å².